The molecule has 1 amide bonds. The van der Waals surface area contributed by atoms with Crippen molar-refractivity contribution in [2.45, 2.75) is 32.6 Å². The quantitative estimate of drug-likeness (QED) is 0.361. The van der Waals surface area contributed by atoms with Gasteiger partial charge in [-0.1, -0.05) is 35.0 Å². The SMILES string of the molecule is CCc1cc(CNC=O)c(-n2c(C)ccc(NS(=O)(=O)Cc3ccc(Br)cc3)c2=O)c(N)n1. The largest absolute Gasteiger partial charge is 0.382 e. The fraction of sp³-hybridized carbons (Fsp3) is 0.227. The molecule has 0 bridgehead atoms. The molecule has 2 heterocycles. The highest BCUT2D eigenvalue weighted by Gasteiger charge is 2.20. The number of nitrogen functional groups attached to an aromatic ring is 1. The van der Waals surface area contributed by atoms with Crippen molar-refractivity contribution in [2.24, 2.45) is 0 Å². The van der Waals surface area contributed by atoms with Crippen molar-refractivity contribution in [3.63, 3.8) is 0 Å². The normalized spacial score (nSPS) is 11.2. The second-order valence-corrected chi connectivity index (χ2v) is 10.0. The number of nitrogens with zero attached hydrogens (tertiary/aromatic N) is 2. The molecule has 0 radical (unpaired) electrons. The van der Waals surface area contributed by atoms with Crippen LogP contribution in [0.2, 0.25) is 0 Å². The number of anilines is 2. The van der Waals surface area contributed by atoms with Crippen molar-refractivity contribution >= 4 is 43.9 Å². The summed E-state index contributed by atoms with van der Waals surface area (Å²) in [6, 6.07) is 11.7. The molecule has 0 fully saturated rings. The maximum atomic E-state index is 13.4. The number of rotatable bonds is 9. The molecule has 0 saturated carbocycles. The van der Waals surface area contributed by atoms with Crippen molar-refractivity contribution in [1.82, 2.24) is 14.9 Å². The van der Waals surface area contributed by atoms with Crippen LogP contribution in [0.4, 0.5) is 11.5 Å². The van der Waals surface area contributed by atoms with Gasteiger partial charge in [0.2, 0.25) is 16.4 Å². The summed E-state index contributed by atoms with van der Waals surface area (Å²) in [5.74, 6) is -0.186. The van der Waals surface area contributed by atoms with Crippen LogP contribution >= 0.6 is 15.9 Å². The van der Waals surface area contributed by atoms with Crippen LogP contribution in [0.15, 0.2) is 51.7 Å². The number of nitrogens with two attached hydrogens (primary N) is 1. The third-order valence-electron chi connectivity index (χ3n) is 4.93. The number of carbonyl (C=O) groups excluding carboxylic acids is 1. The fourth-order valence-electron chi connectivity index (χ4n) is 3.39. The number of halogens is 1. The lowest BCUT2D eigenvalue weighted by Crippen LogP contribution is -2.29. The summed E-state index contributed by atoms with van der Waals surface area (Å²) in [4.78, 5) is 28.6. The molecule has 33 heavy (non-hydrogen) atoms. The molecular weight excluding hydrogens is 510 g/mol. The van der Waals surface area contributed by atoms with E-state index in [2.05, 4.69) is 31.0 Å². The third kappa shape index (κ3) is 5.79. The summed E-state index contributed by atoms with van der Waals surface area (Å²) < 4.78 is 30.0. The molecule has 0 aliphatic carbocycles. The predicted octanol–water partition coefficient (Wildman–Crippen LogP) is 2.64. The van der Waals surface area contributed by atoms with Crippen LogP contribution in [0.5, 0.6) is 0 Å². The minimum atomic E-state index is -3.86. The van der Waals surface area contributed by atoms with Gasteiger partial charge in [0, 0.05) is 28.0 Å². The van der Waals surface area contributed by atoms with Crippen molar-refractivity contribution < 1.29 is 13.2 Å². The third-order valence-corrected chi connectivity index (χ3v) is 6.70. The van der Waals surface area contributed by atoms with Gasteiger partial charge in [-0.15, -0.1) is 0 Å². The molecular formula is C22H24BrN5O4S. The summed E-state index contributed by atoms with van der Waals surface area (Å²) in [7, 11) is -3.86. The second-order valence-electron chi connectivity index (χ2n) is 7.38. The van der Waals surface area contributed by atoms with Gasteiger partial charge in [-0.2, -0.15) is 0 Å². The van der Waals surface area contributed by atoms with E-state index in [-0.39, 0.29) is 23.8 Å². The van der Waals surface area contributed by atoms with Gasteiger partial charge < -0.3 is 11.1 Å². The van der Waals surface area contributed by atoms with Crippen molar-refractivity contribution in [2.75, 3.05) is 10.5 Å². The van der Waals surface area contributed by atoms with E-state index in [4.69, 9.17) is 5.73 Å². The van der Waals surface area contributed by atoms with Crippen LogP contribution < -0.4 is 21.3 Å². The summed E-state index contributed by atoms with van der Waals surface area (Å²) in [6.07, 6.45) is 1.16. The van der Waals surface area contributed by atoms with Crippen molar-refractivity contribution in [3.05, 3.63) is 79.8 Å². The predicted molar refractivity (Wildman–Crippen MR) is 132 cm³/mol. The van der Waals surface area contributed by atoms with Gasteiger partial charge in [0.15, 0.2) is 0 Å². The van der Waals surface area contributed by atoms with E-state index in [9.17, 15) is 18.0 Å². The van der Waals surface area contributed by atoms with Gasteiger partial charge in [0.05, 0.1) is 11.4 Å². The Morgan fingerprint density at radius 3 is 2.52 bits per heavy atom. The average molecular weight is 534 g/mol. The number of amides is 1. The molecule has 3 rings (SSSR count). The molecule has 11 heteroatoms. The molecule has 0 saturated heterocycles. The lowest BCUT2D eigenvalue weighted by molar-refractivity contribution is -0.109. The fourth-order valence-corrected chi connectivity index (χ4v) is 4.85. The van der Waals surface area contributed by atoms with Crippen LogP contribution in [-0.2, 0) is 33.5 Å². The highest BCUT2D eigenvalue weighted by Crippen LogP contribution is 2.23. The van der Waals surface area contributed by atoms with Crippen LogP contribution in [-0.4, -0.2) is 24.4 Å². The number of pyridine rings is 2. The van der Waals surface area contributed by atoms with Crippen molar-refractivity contribution in [1.29, 1.82) is 0 Å². The maximum Gasteiger partial charge on any atom is 0.279 e. The van der Waals surface area contributed by atoms with Crippen LogP contribution in [0.25, 0.3) is 5.69 Å². The van der Waals surface area contributed by atoms with Crippen LogP contribution in [0.1, 0.15) is 29.4 Å². The Morgan fingerprint density at radius 1 is 1.18 bits per heavy atom. The Hall–Kier alpha value is -3.18. The lowest BCUT2D eigenvalue weighted by atomic mass is 10.1. The summed E-state index contributed by atoms with van der Waals surface area (Å²) in [6.45, 7) is 3.74. The zero-order chi connectivity index (χ0) is 24.2. The summed E-state index contributed by atoms with van der Waals surface area (Å²) >= 11 is 3.31. The molecule has 174 valence electrons. The molecule has 0 unspecified atom stereocenters. The van der Waals surface area contributed by atoms with E-state index in [1.165, 1.54) is 10.6 Å². The van der Waals surface area contributed by atoms with E-state index >= 15 is 0 Å². The molecule has 1 aromatic carbocycles. The number of aryl methyl sites for hydroxylation is 2. The molecule has 3 aromatic rings. The highest BCUT2D eigenvalue weighted by atomic mass is 79.9. The second kappa shape index (κ2) is 10.2. The van der Waals surface area contributed by atoms with Gasteiger partial charge in [0.25, 0.3) is 5.56 Å². The maximum absolute atomic E-state index is 13.4. The summed E-state index contributed by atoms with van der Waals surface area (Å²) in [5, 5.41) is 2.58. The molecule has 0 aliphatic heterocycles. The van der Waals surface area contributed by atoms with E-state index in [1.807, 2.05) is 6.92 Å². The van der Waals surface area contributed by atoms with Gasteiger partial charge in [-0.25, -0.2) is 13.4 Å². The zero-order valence-electron chi connectivity index (χ0n) is 18.1. The molecule has 0 aliphatic rings. The Balaban J connectivity index is 2.05. The van der Waals surface area contributed by atoms with Crippen LogP contribution in [0.3, 0.4) is 0 Å². The number of sulfonamides is 1. The minimum Gasteiger partial charge on any atom is -0.382 e. The molecule has 0 atom stereocenters. The number of hydrogen-bond acceptors (Lipinski definition) is 6. The van der Waals surface area contributed by atoms with E-state index in [1.54, 1.807) is 43.3 Å². The Bertz CT molecular complexity index is 1340. The first-order valence-electron chi connectivity index (χ1n) is 10.1. The van der Waals surface area contributed by atoms with Gasteiger partial charge >= 0.3 is 0 Å². The lowest BCUT2D eigenvalue weighted by Gasteiger charge is -2.19. The highest BCUT2D eigenvalue weighted by molar-refractivity contribution is 9.10. The van der Waals surface area contributed by atoms with Crippen LogP contribution in [0, 0.1) is 6.92 Å². The van der Waals surface area contributed by atoms with Gasteiger partial charge in [0.1, 0.15) is 11.5 Å². The van der Waals surface area contributed by atoms with Crippen molar-refractivity contribution in [3.8, 4) is 5.69 Å². The number of carbonyl (C=O) groups is 1. The van der Waals surface area contributed by atoms with E-state index < -0.39 is 15.6 Å². The Labute approximate surface area is 200 Å². The number of nitrogens with one attached hydrogen (secondary N) is 2. The first-order valence-corrected chi connectivity index (χ1v) is 12.5. The first-order chi connectivity index (χ1) is 15.6. The molecule has 0 spiro atoms. The standard InChI is InChI=1S/C22H24BrN5O4S/c1-3-18-10-16(11-25-13-29)20(21(24)26-18)28-14(2)4-9-19(22(28)30)27-33(31,32)12-15-5-7-17(23)8-6-15/h4-10,13,27H,3,11-12H2,1-2H3,(H2,24,26)(H,25,29). The number of benzene rings is 1. The van der Waals surface area contributed by atoms with E-state index in [0.29, 0.717) is 41.0 Å². The molecule has 4 N–H and O–H groups in total. The Kier molecular flexibility index (Phi) is 7.54. The summed E-state index contributed by atoms with van der Waals surface area (Å²) in [5.41, 5.74) is 8.18. The number of aromatic nitrogens is 2. The Morgan fingerprint density at radius 2 is 1.88 bits per heavy atom. The van der Waals surface area contributed by atoms with Gasteiger partial charge in [-0.3, -0.25) is 18.9 Å². The molecule has 2 aromatic heterocycles. The monoisotopic (exact) mass is 533 g/mol. The molecule has 9 nitrogen and oxygen atoms in total. The average Bonchev–Trinajstić information content (AvgIpc) is 2.76. The topological polar surface area (TPSA) is 136 Å². The van der Waals surface area contributed by atoms with Gasteiger partial charge in [-0.05, 0) is 49.2 Å². The zero-order valence-corrected chi connectivity index (χ0v) is 20.5. The minimum absolute atomic E-state index is 0.108. The smallest absolute Gasteiger partial charge is 0.279 e. The first kappa shape index (κ1) is 24.5. The number of hydrogen-bond donors (Lipinski definition) is 3. The van der Waals surface area contributed by atoms with E-state index in [0.717, 1.165) is 4.47 Å².